The van der Waals surface area contributed by atoms with Crippen molar-refractivity contribution in [1.29, 1.82) is 0 Å². The summed E-state index contributed by atoms with van der Waals surface area (Å²) in [6.45, 7) is 1.90. The Bertz CT molecular complexity index is 287. The quantitative estimate of drug-likeness (QED) is 0.676. The molecule has 74 valence electrons. The molecule has 1 N–H and O–H groups in total. The van der Waals surface area contributed by atoms with Crippen molar-refractivity contribution in [2.75, 3.05) is 20.6 Å². The first-order chi connectivity index (χ1) is 6.20. The average Bonchev–Trinajstić information content (AvgIpc) is 2.45. The molecule has 1 aromatic rings. The molecule has 0 aliphatic rings. The van der Waals surface area contributed by atoms with Crippen LogP contribution in [-0.2, 0) is 6.54 Å². The van der Waals surface area contributed by atoms with Gasteiger partial charge in [0.1, 0.15) is 0 Å². The summed E-state index contributed by atoms with van der Waals surface area (Å²) in [5.41, 5.74) is -0.00940. The third-order valence-electron chi connectivity index (χ3n) is 1.98. The highest BCUT2D eigenvalue weighted by atomic mass is 16.1. The molecule has 1 heterocycles. The summed E-state index contributed by atoms with van der Waals surface area (Å²) < 4.78 is 1.70. The van der Waals surface area contributed by atoms with Crippen LogP contribution in [0.25, 0.3) is 0 Å². The molecule has 0 aromatic carbocycles. The molecule has 4 nitrogen and oxygen atoms in total. The largest absolute Gasteiger partial charge is 0.325 e. The number of H-pyrrole nitrogens is 1. The normalized spacial score (nSPS) is 11.0. The van der Waals surface area contributed by atoms with Gasteiger partial charge in [0.25, 0.3) is 0 Å². The number of nitrogens with zero attached hydrogens (tertiary/aromatic N) is 2. The summed E-state index contributed by atoms with van der Waals surface area (Å²) in [4.78, 5) is 15.8. The molecule has 13 heavy (non-hydrogen) atoms. The second-order valence-electron chi connectivity index (χ2n) is 3.47. The van der Waals surface area contributed by atoms with Crippen LogP contribution >= 0.6 is 0 Å². The smallest absolute Gasteiger partial charge is 0.313 e. The fraction of sp³-hybridized carbons (Fsp3) is 0.667. The molecule has 0 amide bonds. The van der Waals surface area contributed by atoms with E-state index in [1.165, 1.54) is 0 Å². The summed E-state index contributed by atoms with van der Waals surface area (Å²) in [5, 5.41) is 0. The SMILES string of the molecule is CN(C)CCCCn1cc[nH]c1=O. The highest BCUT2D eigenvalue weighted by Crippen LogP contribution is 1.93. The highest BCUT2D eigenvalue weighted by Gasteiger charge is 1.95. The predicted octanol–water partition coefficient (Wildman–Crippen LogP) is 0.518. The third-order valence-corrected chi connectivity index (χ3v) is 1.98. The number of imidazole rings is 1. The van der Waals surface area contributed by atoms with Gasteiger partial charge in [0.15, 0.2) is 0 Å². The van der Waals surface area contributed by atoms with Gasteiger partial charge >= 0.3 is 5.69 Å². The van der Waals surface area contributed by atoms with Gasteiger partial charge in [0.05, 0.1) is 0 Å². The number of aromatic amines is 1. The van der Waals surface area contributed by atoms with Crippen LogP contribution in [0.15, 0.2) is 17.2 Å². The molecule has 4 heteroatoms. The van der Waals surface area contributed by atoms with Crippen molar-refractivity contribution in [2.24, 2.45) is 0 Å². The van der Waals surface area contributed by atoms with Gasteiger partial charge in [-0.3, -0.25) is 4.57 Å². The topological polar surface area (TPSA) is 41.0 Å². The number of aryl methyl sites for hydroxylation is 1. The van der Waals surface area contributed by atoms with Gasteiger partial charge in [-0.15, -0.1) is 0 Å². The number of hydrogen-bond donors (Lipinski definition) is 1. The Morgan fingerprint density at radius 2 is 2.23 bits per heavy atom. The van der Waals surface area contributed by atoms with Crippen LogP contribution in [0.2, 0.25) is 0 Å². The Balaban J connectivity index is 2.21. The summed E-state index contributed by atoms with van der Waals surface area (Å²) in [6, 6.07) is 0. The van der Waals surface area contributed by atoms with E-state index in [1.54, 1.807) is 17.0 Å². The van der Waals surface area contributed by atoms with Gasteiger partial charge in [-0.2, -0.15) is 0 Å². The van der Waals surface area contributed by atoms with E-state index in [1.807, 2.05) is 0 Å². The Morgan fingerprint density at radius 3 is 2.77 bits per heavy atom. The van der Waals surface area contributed by atoms with E-state index < -0.39 is 0 Å². The van der Waals surface area contributed by atoms with E-state index in [4.69, 9.17) is 0 Å². The summed E-state index contributed by atoms with van der Waals surface area (Å²) >= 11 is 0. The molecule has 1 rings (SSSR count). The van der Waals surface area contributed by atoms with Crippen LogP contribution in [0.5, 0.6) is 0 Å². The molecule has 0 aliphatic carbocycles. The first-order valence-corrected chi connectivity index (χ1v) is 4.58. The lowest BCUT2D eigenvalue weighted by molar-refractivity contribution is 0.387. The number of rotatable bonds is 5. The summed E-state index contributed by atoms with van der Waals surface area (Å²) in [6.07, 6.45) is 5.65. The molecule has 1 aromatic heterocycles. The van der Waals surface area contributed by atoms with Gasteiger partial charge in [0.2, 0.25) is 0 Å². The Labute approximate surface area is 78.2 Å². The molecule has 0 unspecified atom stereocenters. The molecule has 0 saturated carbocycles. The van der Waals surface area contributed by atoms with Gasteiger partial charge in [-0.05, 0) is 33.5 Å². The van der Waals surface area contributed by atoms with Crippen LogP contribution in [0, 0.1) is 0 Å². The standard InChI is InChI=1S/C9H17N3O/c1-11(2)6-3-4-7-12-8-5-10-9(12)13/h5,8H,3-4,6-7H2,1-2H3,(H,10,13). The van der Waals surface area contributed by atoms with Crippen molar-refractivity contribution in [3.8, 4) is 0 Å². The van der Waals surface area contributed by atoms with Crippen molar-refractivity contribution in [3.05, 3.63) is 22.9 Å². The van der Waals surface area contributed by atoms with Crippen molar-refractivity contribution in [2.45, 2.75) is 19.4 Å². The molecule has 0 radical (unpaired) electrons. The van der Waals surface area contributed by atoms with Gasteiger partial charge < -0.3 is 9.88 Å². The van der Waals surface area contributed by atoms with E-state index >= 15 is 0 Å². The monoisotopic (exact) mass is 183 g/mol. The van der Waals surface area contributed by atoms with E-state index in [-0.39, 0.29) is 5.69 Å². The van der Waals surface area contributed by atoms with Gasteiger partial charge in [-0.25, -0.2) is 4.79 Å². The van der Waals surface area contributed by atoms with E-state index in [0.29, 0.717) is 0 Å². The minimum Gasteiger partial charge on any atom is -0.313 e. The fourth-order valence-electron chi connectivity index (χ4n) is 1.24. The van der Waals surface area contributed by atoms with E-state index in [0.717, 1.165) is 25.9 Å². The summed E-state index contributed by atoms with van der Waals surface area (Å²) in [5.74, 6) is 0. The third kappa shape index (κ3) is 3.46. The molecule has 0 fully saturated rings. The minimum atomic E-state index is -0.00940. The first-order valence-electron chi connectivity index (χ1n) is 4.58. The van der Waals surface area contributed by atoms with E-state index in [9.17, 15) is 4.79 Å². The van der Waals surface area contributed by atoms with Crippen LogP contribution in [0.4, 0.5) is 0 Å². The van der Waals surface area contributed by atoms with Crippen LogP contribution in [0.3, 0.4) is 0 Å². The minimum absolute atomic E-state index is 0.00940. The zero-order valence-electron chi connectivity index (χ0n) is 8.29. The first kappa shape index (κ1) is 10.1. The predicted molar refractivity (Wildman–Crippen MR) is 52.8 cm³/mol. The Kier molecular flexibility index (Phi) is 3.76. The number of nitrogens with one attached hydrogen (secondary N) is 1. The van der Waals surface area contributed by atoms with Gasteiger partial charge in [-0.1, -0.05) is 0 Å². The fourth-order valence-corrected chi connectivity index (χ4v) is 1.24. The Morgan fingerprint density at radius 1 is 1.46 bits per heavy atom. The molecule has 0 aliphatic heterocycles. The molecule has 0 bridgehead atoms. The molecule has 0 saturated heterocycles. The lowest BCUT2D eigenvalue weighted by Crippen LogP contribution is -2.18. The zero-order valence-corrected chi connectivity index (χ0v) is 8.29. The van der Waals surface area contributed by atoms with Crippen molar-refractivity contribution >= 4 is 0 Å². The second-order valence-corrected chi connectivity index (χ2v) is 3.47. The summed E-state index contributed by atoms with van der Waals surface area (Å²) in [7, 11) is 4.12. The zero-order chi connectivity index (χ0) is 9.68. The molecular weight excluding hydrogens is 166 g/mol. The molecule has 0 atom stereocenters. The van der Waals surface area contributed by atoms with Crippen molar-refractivity contribution in [3.63, 3.8) is 0 Å². The number of aromatic nitrogens is 2. The van der Waals surface area contributed by atoms with Crippen molar-refractivity contribution < 1.29 is 0 Å². The molecule has 0 spiro atoms. The van der Waals surface area contributed by atoms with Crippen LogP contribution in [-0.4, -0.2) is 35.1 Å². The molecular formula is C9H17N3O. The lowest BCUT2D eigenvalue weighted by Gasteiger charge is -2.08. The maximum Gasteiger partial charge on any atom is 0.325 e. The second kappa shape index (κ2) is 4.87. The average molecular weight is 183 g/mol. The maximum atomic E-state index is 11.0. The van der Waals surface area contributed by atoms with Crippen LogP contribution < -0.4 is 5.69 Å². The number of unbranched alkanes of at least 4 members (excludes halogenated alkanes) is 1. The number of hydrogen-bond acceptors (Lipinski definition) is 2. The van der Waals surface area contributed by atoms with Crippen LogP contribution in [0.1, 0.15) is 12.8 Å². The van der Waals surface area contributed by atoms with Gasteiger partial charge in [0, 0.05) is 18.9 Å². The van der Waals surface area contributed by atoms with Crippen molar-refractivity contribution in [1.82, 2.24) is 14.5 Å². The lowest BCUT2D eigenvalue weighted by atomic mass is 10.3. The Hall–Kier alpha value is -1.03. The maximum absolute atomic E-state index is 11.0. The van der Waals surface area contributed by atoms with E-state index in [2.05, 4.69) is 24.0 Å². The highest BCUT2D eigenvalue weighted by molar-refractivity contribution is 4.75.